The fourth-order valence-electron chi connectivity index (χ4n) is 3.28. The number of carboxylic acids is 1. The average Bonchev–Trinajstić information content (AvgIpc) is 2.47. The minimum atomic E-state index is -3.19. The first-order valence-electron chi connectivity index (χ1n) is 7.85. The van der Waals surface area contributed by atoms with E-state index in [1.165, 1.54) is 6.42 Å². The molecule has 1 unspecified atom stereocenters. The van der Waals surface area contributed by atoms with Crippen LogP contribution in [0.25, 0.3) is 0 Å². The van der Waals surface area contributed by atoms with Gasteiger partial charge in [-0.1, -0.05) is 19.3 Å². The van der Waals surface area contributed by atoms with Crippen molar-refractivity contribution in [2.45, 2.75) is 45.1 Å². The first kappa shape index (κ1) is 16.7. The summed E-state index contributed by atoms with van der Waals surface area (Å²) in [5.41, 5.74) is 0. The number of sulfonamides is 1. The second kappa shape index (κ2) is 7.07. The minimum Gasteiger partial charge on any atom is -0.480 e. The maximum Gasteiger partial charge on any atom is 0.320 e. The SMILES string of the molecule is CC(C(=O)O)N1CCN(S(=O)(=O)CC2CCCCC2)CC1. The molecule has 0 aromatic carbocycles. The Morgan fingerprint density at radius 1 is 1.14 bits per heavy atom. The molecule has 0 radical (unpaired) electrons. The summed E-state index contributed by atoms with van der Waals surface area (Å²) in [5, 5.41) is 9.00. The van der Waals surface area contributed by atoms with E-state index in [0.717, 1.165) is 25.7 Å². The van der Waals surface area contributed by atoms with Gasteiger partial charge in [0.25, 0.3) is 0 Å². The van der Waals surface area contributed by atoms with Crippen LogP contribution >= 0.6 is 0 Å². The van der Waals surface area contributed by atoms with Crippen molar-refractivity contribution in [2.24, 2.45) is 5.92 Å². The third-order valence-corrected chi connectivity index (χ3v) is 6.79. The van der Waals surface area contributed by atoms with Crippen LogP contribution in [0.3, 0.4) is 0 Å². The molecule has 1 heterocycles. The summed E-state index contributed by atoms with van der Waals surface area (Å²) in [4.78, 5) is 12.8. The highest BCUT2D eigenvalue weighted by atomic mass is 32.2. The Balaban J connectivity index is 1.86. The zero-order valence-corrected chi connectivity index (χ0v) is 13.5. The monoisotopic (exact) mass is 318 g/mol. The van der Waals surface area contributed by atoms with Crippen LogP contribution in [-0.4, -0.2) is 66.7 Å². The normalized spacial score (nSPS) is 24.8. The second-order valence-corrected chi connectivity index (χ2v) is 8.25. The van der Waals surface area contributed by atoms with Crippen LogP contribution in [0.2, 0.25) is 0 Å². The van der Waals surface area contributed by atoms with Crippen LogP contribution in [-0.2, 0) is 14.8 Å². The van der Waals surface area contributed by atoms with E-state index in [0.29, 0.717) is 32.1 Å². The molecule has 0 aromatic rings. The maximum absolute atomic E-state index is 12.5. The lowest BCUT2D eigenvalue weighted by molar-refractivity contribution is -0.143. The molecule has 2 aliphatic rings. The molecule has 2 rings (SSSR count). The molecule has 122 valence electrons. The summed E-state index contributed by atoms with van der Waals surface area (Å²) >= 11 is 0. The summed E-state index contributed by atoms with van der Waals surface area (Å²) < 4.78 is 26.5. The Kier molecular flexibility index (Phi) is 5.62. The predicted octanol–water partition coefficient (Wildman–Crippen LogP) is 0.987. The van der Waals surface area contributed by atoms with Gasteiger partial charge in [0.1, 0.15) is 6.04 Å². The standard InChI is InChI=1S/C14H26N2O4S/c1-12(14(17)18)15-7-9-16(10-8-15)21(19,20)11-13-5-3-2-4-6-13/h12-13H,2-11H2,1H3,(H,17,18). The Labute approximate surface area is 127 Å². The Bertz CT molecular complexity index is 452. The lowest BCUT2D eigenvalue weighted by Gasteiger charge is -2.36. The molecule has 1 aliphatic carbocycles. The van der Waals surface area contributed by atoms with Crippen molar-refractivity contribution in [3.8, 4) is 0 Å². The van der Waals surface area contributed by atoms with Crippen LogP contribution < -0.4 is 0 Å². The molecule has 1 saturated carbocycles. The van der Waals surface area contributed by atoms with Crippen LogP contribution in [0.4, 0.5) is 0 Å². The van der Waals surface area contributed by atoms with Crippen molar-refractivity contribution in [3.63, 3.8) is 0 Å². The van der Waals surface area contributed by atoms with Crippen molar-refractivity contribution in [2.75, 3.05) is 31.9 Å². The van der Waals surface area contributed by atoms with Gasteiger partial charge in [-0.05, 0) is 25.7 Å². The zero-order valence-electron chi connectivity index (χ0n) is 12.7. The Morgan fingerprint density at radius 2 is 1.71 bits per heavy atom. The van der Waals surface area contributed by atoms with Crippen molar-refractivity contribution >= 4 is 16.0 Å². The van der Waals surface area contributed by atoms with E-state index < -0.39 is 22.0 Å². The molecule has 6 nitrogen and oxygen atoms in total. The molecule has 1 atom stereocenters. The molecule has 7 heteroatoms. The van der Waals surface area contributed by atoms with E-state index in [-0.39, 0.29) is 5.75 Å². The summed E-state index contributed by atoms with van der Waals surface area (Å²) in [6.45, 7) is 3.46. The number of aliphatic carboxylic acids is 1. The Morgan fingerprint density at radius 3 is 2.24 bits per heavy atom. The molecular weight excluding hydrogens is 292 g/mol. The van der Waals surface area contributed by atoms with Gasteiger partial charge in [0, 0.05) is 26.2 Å². The van der Waals surface area contributed by atoms with Crippen LogP contribution in [0.15, 0.2) is 0 Å². The number of carbonyl (C=O) groups is 1. The first-order chi connectivity index (χ1) is 9.90. The summed E-state index contributed by atoms with van der Waals surface area (Å²) in [5.74, 6) is -0.283. The molecule has 1 aliphatic heterocycles. The number of rotatable bonds is 5. The van der Waals surface area contributed by atoms with E-state index in [1.807, 2.05) is 4.90 Å². The van der Waals surface area contributed by atoms with Gasteiger partial charge in [0.05, 0.1) is 5.75 Å². The quantitative estimate of drug-likeness (QED) is 0.818. The third kappa shape index (κ3) is 4.40. The van der Waals surface area contributed by atoms with Crippen molar-refractivity contribution in [1.29, 1.82) is 0 Å². The topological polar surface area (TPSA) is 77.9 Å². The van der Waals surface area contributed by atoms with Gasteiger partial charge in [-0.2, -0.15) is 4.31 Å². The highest BCUT2D eigenvalue weighted by Gasteiger charge is 2.32. The molecule has 2 fully saturated rings. The third-order valence-electron chi connectivity index (χ3n) is 4.74. The number of hydrogen-bond acceptors (Lipinski definition) is 4. The smallest absolute Gasteiger partial charge is 0.320 e. The van der Waals surface area contributed by atoms with Gasteiger partial charge in [0.15, 0.2) is 0 Å². The predicted molar refractivity (Wildman–Crippen MR) is 80.6 cm³/mol. The lowest BCUT2D eigenvalue weighted by atomic mass is 9.91. The van der Waals surface area contributed by atoms with Gasteiger partial charge in [0.2, 0.25) is 10.0 Å². The van der Waals surface area contributed by atoms with E-state index in [4.69, 9.17) is 5.11 Å². The van der Waals surface area contributed by atoms with Gasteiger partial charge >= 0.3 is 5.97 Å². The van der Waals surface area contributed by atoms with E-state index >= 15 is 0 Å². The molecule has 1 N–H and O–H groups in total. The number of piperazine rings is 1. The van der Waals surface area contributed by atoms with Crippen LogP contribution in [0.5, 0.6) is 0 Å². The van der Waals surface area contributed by atoms with Crippen LogP contribution in [0, 0.1) is 5.92 Å². The second-order valence-electron chi connectivity index (χ2n) is 6.23. The molecular formula is C14H26N2O4S. The van der Waals surface area contributed by atoms with Crippen molar-refractivity contribution in [1.82, 2.24) is 9.21 Å². The maximum atomic E-state index is 12.5. The fraction of sp³-hybridized carbons (Fsp3) is 0.929. The molecule has 21 heavy (non-hydrogen) atoms. The van der Waals surface area contributed by atoms with Gasteiger partial charge < -0.3 is 5.11 Å². The molecule has 0 bridgehead atoms. The number of nitrogens with zero attached hydrogens (tertiary/aromatic N) is 2. The highest BCUT2D eigenvalue weighted by Crippen LogP contribution is 2.26. The molecule has 0 amide bonds. The van der Waals surface area contributed by atoms with E-state index in [2.05, 4.69) is 0 Å². The lowest BCUT2D eigenvalue weighted by Crippen LogP contribution is -2.53. The van der Waals surface area contributed by atoms with Crippen LogP contribution in [0.1, 0.15) is 39.0 Å². The van der Waals surface area contributed by atoms with Gasteiger partial charge in [-0.15, -0.1) is 0 Å². The van der Waals surface area contributed by atoms with Crippen molar-refractivity contribution < 1.29 is 18.3 Å². The molecule has 1 saturated heterocycles. The fourth-order valence-corrected chi connectivity index (χ4v) is 5.14. The minimum absolute atomic E-state index is 0.265. The van der Waals surface area contributed by atoms with Gasteiger partial charge in [-0.25, -0.2) is 8.42 Å². The molecule has 0 aromatic heterocycles. The average molecular weight is 318 g/mol. The Hall–Kier alpha value is -0.660. The largest absolute Gasteiger partial charge is 0.480 e. The summed E-state index contributed by atoms with van der Waals surface area (Å²) in [6.07, 6.45) is 5.56. The van der Waals surface area contributed by atoms with Crippen molar-refractivity contribution in [3.05, 3.63) is 0 Å². The first-order valence-corrected chi connectivity index (χ1v) is 9.46. The summed E-state index contributed by atoms with van der Waals surface area (Å²) in [6, 6.07) is -0.548. The van der Waals surface area contributed by atoms with E-state index in [1.54, 1.807) is 11.2 Å². The molecule has 0 spiro atoms. The zero-order chi connectivity index (χ0) is 15.5. The number of carboxylic acid groups (broad SMARTS) is 1. The summed E-state index contributed by atoms with van der Waals surface area (Å²) in [7, 11) is -3.19. The highest BCUT2D eigenvalue weighted by molar-refractivity contribution is 7.89. The number of hydrogen-bond donors (Lipinski definition) is 1. The van der Waals surface area contributed by atoms with E-state index in [9.17, 15) is 13.2 Å². The van der Waals surface area contributed by atoms with Gasteiger partial charge in [-0.3, -0.25) is 9.69 Å².